The van der Waals surface area contributed by atoms with Gasteiger partial charge in [0.15, 0.2) is 35.1 Å². The fraction of sp³-hybridized carbons (Fsp3) is 0.364. The first-order valence-electron chi connectivity index (χ1n) is 14.8. The number of rotatable bonds is 7. The number of carbonyl (C=O) groups excluding carboxylic acids is 1. The van der Waals surface area contributed by atoms with Gasteiger partial charge in [0.25, 0.3) is 0 Å². The summed E-state index contributed by atoms with van der Waals surface area (Å²) in [5.74, 6) is 2.61. The number of ketones is 1. The number of Topliss-reactive ketones (excluding diaryl/α,β-unsaturated/α-hetero) is 1. The third-order valence-electron chi connectivity index (χ3n) is 8.82. The second-order valence-corrected chi connectivity index (χ2v) is 12.3. The van der Waals surface area contributed by atoms with Gasteiger partial charge in [0.2, 0.25) is 0 Å². The SMILES string of the molecule is CC(=O)c1ccc2c(n1)N(Cc1cnco1)C(CN1CCC(c3cccc4c3OC(C)(c3ccc(Cl)cc3F)CO4)CC1)N2. The van der Waals surface area contributed by atoms with E-state index in [1.165, 1.54) is 19.4 Å². The van der Waals surface area contributed by atoms with Crippen molar-refractivity contribution >= 4 is 28.9 Å². The van der Waals surface area contributed by atoms with Crippen LogP contribution in [0.25, 0.3) is 0 Å². The Labute approximate surface area is 259 Å². The molecule has 2 unspecified atom stereocenters. The van der Waals surface area contributed by atoms with Crippen molar-refractivity contribution < 1.29 is 23.1 Å². The lowest BCUT2D eigenvalue weighted by molar-refractivity contribution is -0.00183. The monoisotopic (exact) mass is 617 g/mol. The van der Waals surface area contributed by atoms with Crippen LogP contribution in [0.1, 0.15) is 60.0 Å². The van der Waals surface area contributed by atoms with Gasteiger partial charge < -0.3 is 24.1 Å². The van der Waals surface area contributed by atoms with E-state index in [-0.39, 0.29) is 24.5 Å². The molecule has 1 saturated heterocycles. The van der Waals surface area contributed by atoms with Crippen LogP contribution in [-0.4, -0.2) is 53.1 Å². The quantitative estimate of drug-likeness (QED) is 0.237. The molecule has 44 heavy (non-hydrogen) atoms. The summed E-state index contributed by atoms with van der Waals surface area (Å²) < 4.78 is 33.2. The molecule has 9 nitrogen and oxygen atoms in total. The number of ether oxygens (including phenoxy) is 2. The zero-order chi connectivity index (χ0) is 30.4. The topological polar surface area (TPSA) is 93.0 Å². The van der Waals surface area contributed by atoms with Gasteiger partial charge in [-0.05, 0) is 69.1 Å². The third-order valence-corrected chi connectivity index (χ3v) is 9.05. The summed E-state index contributed by atoms with van der Waals surface area (Å²) in [6.07, 6.45) is 4.93. The molecule has 0 radical (unpaired) electrons. The first-order chi connectivity index (χ1) is 21.3. The molecule has 0 bridgehead atoms. The number of nitrogens with zero attached hydrogens (tertiary/aromatic N) is 4. The minimum atomic E-state index is -0.981. The van der Waals surface area contributed by atoms with Gasteiger partial charge in [0.1, 0.15) is 30.0 Å². The van der Waals surface area contributed by atoms with Gasteiger partial charge in [-0.25, -0.2) is 14.4 Å². The van der Waals surface area contributed by atoms with Crippen molar-refractivity contribution in [1.29, 1.82) is 0 Å². The first-order valence-corrected chi connectivity index (χ1v) is 15.2. The summed E-state index contributed by atoms with van der Waals surface area (Å²) in [6.45, 7) is 6.59. The van der Waals surface area contributed by atoms with Crippen LogP contribution in [0, 0.1) is 5.82 Å². The molecule has 4 aromatic rings. The number of nitrogens with one attached hydrogen (secondary N) is 1. The number of oxazole rings is 1. The molecule has 1 N–H and O–H groups in total. The Kier molecular flexibility index (Phi) is 7.42. The van der Waals surface area contributed by atoms with Gasteiger partial charge in [-0.1, -0.05) is 29.8 Å². The number of hydrogen-bond acceptors (Lipinski definition) is 9. The lowest BCUT2D eigenvalue weighted by Crippen LogP contribution is -2.47. The summed E-state index contributed by atoms with van der Waals surface area (Å²) in [6, 6.07) is 14.3. The predicted molar refractivity (Wildman–Crippen MR) is 164 cm³/mol. The van der Waals surface area contributed by atoms with Crippen molar-refractivity contribution in [3.05, 3.63) is 94.5 Å². The second kappa shape index (κ2) is 11.4. The Morgan fingerprint density at radius 1 is 1.18 bits per heavy atom. The van der Waals surface area contributed by atoms with Crippen molar-refractivity contribution in [3.63, 3.8) is 0 Å². The van der Waals surface area contributed by atoms with E-state index in [0.717, 1.165) is 55.3 Å². The summed E-state index contributed by atoms with van der Waals surface area (Å²) in [4.78, 5) is 25.4. The maximum absolute atomic E-state index is 14.9. The lowest BCUT2D eigenvalue weighted by atomic mass is 9.87. The second-order valence-electron chi connectivity index (χ2n) is 11.9. The highest BCUT2D eigenvalue weighted by Crippen LogP contribution is 2.47. The molecule has 0 saturated carbocycles. The van der Waals surface area contributed by atoms with Crippen LogP contribution in [-0.2, 0) is 12.1 Å². The van der Waals surface area contributed by atoms with E-state index < -0.39 is 11.4 Å². The summed E-state index contributed by atoms with van der Waals surface area (Å²) >= 11 is 6.01. The molecule has 11 heteroatoms. The first kappa shape index (κ1) is 28.6. The van der Waals surface area contributed by atoms with Crippen LogP contribution in [0.2, 0.25) is 5.02 Å². The fourth-order valence-electron chi connectivity index (χ4n) is 6.47. The van der Waals surface area contributed by atoms with Crippen molar-refractivity contribution in [1.82, 2.24) is 14.9 Å². The van der Waals surface area contributed by atoms with Gasteiger partial charge in [0, 0.05) is 29.6 Å². The Balaban J connectivity index is 1.06. The molecule has 2 atom stereocenters. The number of halogens is 2. The van der Waals surface area contributed by atoms with Crippen LogP contribution < -0.4 is 19.7 Å². The smallest absolute Gasteiger partial charge is 0.180 e. The molecule has 7 rings (SSSR count). The Morgan fingerprint density at radius 3 is 2.77 bits per heavy atom. The van der Waals surface area contributed by atoms with E-state index in [0.29, 0.717) is 34.3 Å². The summed E-state index contributed by atoms with van der Waals surface area (Å²) in [5, 5.41) is 3.94. The average molecular weight is 618 g/mol. The zero-order valence-corrected chi connectivity index (χ0v) is 25.3. The van der Waals surface area contributed by atoms with Crippen LogP contribution >= 0.6 is 11.6 Å². The number of likely N-dealkylation sites (tertiary alicyclic amines) is 1. The molecule has 0 spiro atoms. The van der Waals surface area contributed by atoms with Gasteiger partial charge in [-0.2, -0.15) is 0 Å². The molecular weight excluding hydrogens is 585 g/mol. The summed E-state index contributed by atoms with van der Waals surface area (Å²) in [7, 11) is 0. The molecule has 2 aromatic heterocycles. The molecule has 228 valence electrons. The van der Waals surface area contributed by atoms with Gasteiger partial charge in [0.05, 0.1) is 18.4 Å². The number of piperidine rings is 1. The molecular formula is C33H33ClFN5O4. The van der Waals surface area contributed by atoms with E-state index in [1.807, 2.05) is 25.1 Å². The van der Waals surface area contributed by atoms with Crippen molar-refractivity contribution in [3.8, 4) is 11.5 Å². The van der Waals surface area contributed by atoms with E-state index in [4.69, 9.17) is 25.5 Å². The van der Waals surface area contributed by atoms with Crippen molar-refractivity contribution in [2.45, 2.75) is 50.9 Å². The lowest BCUT2D eigenvalue weighted by Gasteiger charge is -2.39. The van der Waals surface area contributed by atoms with Gasteiger partial charge in [-0.15, -0.1) is 0 Å². The Morgan fingerprint density at radius 2 is 2.02 bits per heavy atom. The average Bonchev–Trinajstić information content (AvgIpc) is 3.65. The minimum Gasteiger partial charge on any atom is -0.485 e. The van der Waals surface area contributed by atoms with E-state index in [9.17, 15) is 9.18 Å². The summed E-state index contributed by atoms with van der Waals surface area (Å²) in [5.41, 5.74) is 1.85. The molecule has 1 fully saturated rings. The van der Waals surface area contributed by atoms with E-state index in [2.05, 4.69) is 31.2 Å². The molecule has 3 aliphatic heterocycles. The molecule has 5 heterocycles. The highest BCUT2D eigenvalue weighted by Gasteiger charge is 2.40. The van der Waals surface area contributed by atoms with E-state index >= 15 is 0 Å². The molecule has 0 aliphatic carbocycles. The fourth-order valence-corrected chi connectivity index (χ4v) is 6.63. The van der Waals surface area contributed by atoms with Crippen molar-refractivity contribution in [2.24, 2.45) is 0 Å². The predicted octanol–water partition coefficient (Wildman–Crippen LogP) is 6.39. The van der Waals surface area contributed by atoms with Crippen LogP contribution in [0.15, 0.2) is 65.5 Å². The highest BCUT2D eigenvalue weighted by atomic mass is 35.5. The highest BCUT2D eigenvalue weighted by molar-refractivity contribution is 6.30. The normalized spacial score (nSPS) is 21.6. The van der Waals surface area contributed by atoms with E-state index in [1.54, 1.807) is 24.4 Å². The minimum absolute atomic E-state index is 0.0578. The third kappa shape index (κ3) is 5.37. The van der Waals surface area contributed by atoms with Crippen molar-refractivity contribution in [2.75, 3.05) is 36.5 Å². The number of anilines is 2. The Bertz CT molecular complexity index is 1690. The number of benzene rings is 2. The number of carbonyl (C=O) groups is 1. The number of fused-ring (bicyclic) bond motifs is 2. The molecule has 0 amide bonds. The number of pyridine rings is 1. The zero-order valence-electron chi connectivity index (χ0n) is 24.6. The number of aromatic nitrogens is 2. The number of hydrogen-bond donors (Lipinski definition) is 1. The van der Waals surface area contributed by atoms with Gasteiger partial charge >= 0.3 is 0 Å². The van der Waals surface area contributed by atoms with Gasteiger partial charge in [-0.3, -0.25) is 9.69 Å². The number of para-hydroxylation sites is 1. The molecule has 2 aromatic carbocycles. The van der Waals surface area contributed by atoms with Crippen LogP contribution in [0.5, 0.6) is 11.5 Å². The standard InChI is InChI=1S/C33H33ClFN5O4/c1-20(41)27-8-9-28-32(38-27)40(16-23-15-36-19-43-23)30(37-28)17-39-12-10-21(11-13-39)24-4-3-5-29-31(24)44-33(2,18-42-29)25-7-6-22(34)14-26(25)35/h3-9,14-15,19,21,30,37H,10-13,16-18H2,1-2H3. The maximum Gasteiger partial charge on any atom is 0.180 e. The Hall–Kier alpha value is -4.15. The van der Waals surface area contributed by atoms with Crippen LogP contribution in [0.3, 0.4) is 0 Å². The molecule has 3 aliphatic rings. The van der Waals surface area contributed by atoms with Crippen LogP contribution in [0.4, 0.5) is 15.9 Å². The maximum atomic E-state index is 14.9. The largest absolute Gasteiger partial charge is 0.485 e.